The second-order valence-electron chi connectivity index (χ2n) is 4.33. The number of hydrogen-bond donors (Lipinski definition) is 3. The van der Waals surface area contributed by atoms with Gasteiger partial charge in [-0.1, -0.05) is 0 Å². The maximum absolute atomic E-state index is 12.0. The lowest BCUT2D eigenvalue weighted by molar-refractivity contribution is -0.383. The van der Waals surface area contributed by atoms with Crippen LogP contribution >= 0.6 is 0 Å². The van der Waals surface area contributed by atoms with Gasteiger partial charge >= 0.3 is 0 Å². The third-order valence-electron chi connectivity index (χ3n) is 2.82. The lowest BCUT2D eigenvalue weighted by atomic mass is 10.1. The monoisotopic (exact) mass is 294 g/mol. The summed E-state index contributed by atoms with van der Waals surface area (Å²) in [5, 5.41) is 18.6. The fourth-order valence-electron chi connectivity index (χ4n) is 1.71. The molecule has 0 saturated heterocycles. The molecule has 1 atom stereocenters. The van der Waals surface area contributed by atoms with E-state index in [-0.39, 0.29) is 22.8 Å². The van der Waals surface area contributed by atoms with Crippen LogP contribution in [0.1, 0.15) is 24.2 Å². The molecule has 0 aromatic heterocycles. The van der Waals surface area contributed by atoms with Gasteiger partial charge in [0.25, 0.3) is 11.6 Å². The topological polar surface area (TPSA) is 113 Å². The molecule has 0 heterocycles. The van der Waals surface area contributed by atoms with Crippen LogP contribution in [0.25, 0.3) is 0 Å². The second kappa shape index (κ2) is 7.22. The zero-order valence-corrected chi connectivity index (χ0v) is 12.1. The van der Waals surface area contributed by atoms with Crippen LogP contribution in [0.4, 0.5) is 11.4 Å². The van der Waals surface area contributed by atoms with Crippen molar-refractivity contribution >= 4 is 23.2 Å². The van der Waals surface area contributed by atoms with Crippen molar-refractivity contribution in [3.63, 3.8) is 0 Å². The highest BCUT2D eigenvalue weighted by molar-refractivity contribution is 5.98. The van der Waals surface area contributed by atoms with Gasteiger partial charge in [0.1, 0.15) is 11.7 Å². The standard InChI is InChI=1S/C13H18N4O4/c1-4-15-12(18)8(2)16-13(19)9-5-6-11(17(20)21)10(7-9)14-3/h5-8,14H,4H2,1-3H3,(H,15,18)(H,16,19). The number of nitrogens with one attached hydrogen (secondary N) is 3. The number of nitrogens with zero attached hydrogens (tertiary/aromatic N) is 1. The van der Waals surface area contributed by atoms with Crippen molar-refractivity contribution in [1.29, 1.82) is 0 Å². The Morgan fingerprint density at radius 2 is 2.05 bits per heavy atom. The average Bonchev–Trinajstić information content (AvgIpc) is 2.46. The zero-order chi connectivity index (χ0) is 16.0. The van der Waals surface area contributed by atoms with E-state index in [9.17, 15) is 19.7 Å². The summed E-state index contributed by atoms with van der Waals surface area (Å²) in [6.45, 7) is 3.82. The van der Waals surface area contributed by atoms with Gasteiger partial charge in [-0.2, -0.15) is 0 Å². The highest BCUT2D eigenvalue weighted by Gasteiger charge is 2.19. The molecule has 0 spiro atoms. The van der Waals surface area contributed by atoms with Gasteiger partial charge in [-0.05, 0) is 26.0 Å². The minimum atomic E-state index is -0.689. The molecule has 1 aromatic carbocycles. The smallest absolute Gasteiger partial charge is 0.292 e. The van der Waals surface area contributed by atoms with E-state index in [1.54, 1.807) is 13.8 Å². The number of rotatable bonds is 6. The molecule has 2 amide bonds. The molecule has 1 aromatic rings. The maximum atomic E-state index is 12.0. The quantitative estimate of drug-likeness (QED) is 0.532. The third-order valence-corrected chi connectivity index (χ3v) is 2.82. The number of carbonyl (C=O) groups is 2. The molecular weight excluding hydrogens is 276 g/mol. The Morgan fingerprint density at radius 3 is 2.57 bits per heavy atom. The highest BCUT2D eigenvalue weighted by Crippen LogP contribution is 2.24. The summed E-state index contributed by atoms with van der Waals surface area (Å²) in [5.41, 5.74) is 0.352. The first kappa shape index (κ1) is 16.4. The molecule has 1 unspecified atom stereocenters. The minimum absolute atomic E-state index is 0.120. The summed E-state index contributed by atoms with van der Waals surface area (Å²) in [4.78, 5) is 33.8. The minimum Gasteiger partial charge on any atom is -0.383 e. The maximum Gasteiger partial charge on any atom is 0.292 e. The van der Waals surface area contributed by atoms with Gasteiger partial charge in [-0.25, -0.2) is 0 Å². The number of hydrogen-bond acceptors (Lipinski definition) is 5. The largest absolute Gasteiger partial charge is 0.383 e. The van der Waals surface area contributed by atoms with E-state index in [4.69, 9.17) is 0 Å². The molecule has 114 valence electrons. The van der Waals surface area contributed by atoms with Gasteiger partial charge in [-0.15, -0.1) is 0 Å². The van der Waals surface area contributed by atoms with Gasteiger partial charge in [0.15, 0.2) is 0 Å². The van der Waals surface area contributed by atoms with E-state index >= 15 is 0 Å². The Labute approximate surface area is 122 Å². The van der Waals surface area contributed by atoms with Crippen LogP contribution in [-0.4, -0.2) is 36.4 Å². The normalized spacial score (nSPS) is 11.4. The van der Waals surface area contributed by atoms with Crippen LogP contribution in [0.15, 0.2) is 18.2 Å². The Morgan fingerprint density at radius 1 is 1.38 bits per heavy atom. The first-order valence-electron chi connectivity index (χ1n) is 6.45. The molecule has 0 bridgehead atoms. The summed E-state index contributed by atoms with van der Waals surface area (Å²) in [6.07, 6.45) is 0. The van der Waals surface area contributed by atoms with E-state index in [1.165, 1.54) is 25.2 Å². The zero-order valence-electron chi connectivity index (χ0n) is 12.1. The number of amides is 2. The number of carbonyl (C=O) groups excluding carboxylic acids is 2. The van der Waals surface area contributed by atoms with Crippen molar-refractivity contribution in [2.24, 2.45) is 0 Å². The molecule has 21 heavy (non-hydrogen) atoms. The molecular formula is C13H18N4O4. The van der Waals surface area contributed by atoms with Crippen molar-refractivity contribution in [3.8, 4) is 0 Å². The molecule has 8 nitrogen and oxygen atoms in total. The molecule has 8 heteroatoms. The van der Waals surface area contributed by atoms with Crippen molar-refractivity contribution < 1.29 is 14.5 Å². The molecule has 0 aliphatic heterocycles. The van der Waals surface area contributed by atoms with Crippen LogP contribution < -0.4 is 16.0 Å². The van der Waals surface area contributed by atoms with Crippen LogP contribution in [0.5, 0.6) is 0 Å². The van der Waals surface area contributed by atoms with E-state index in [0.29, 0.717) is 6.54 Å². The fraction of sp³-hybridized carbons (Fsp3) is 0.385. The molecule has 0 saturated carbocycles. The number of benzene rings is 1. The Hall–Kier alpha value is -2.64. The molecule has 0 radical (unpaired) electrons. The summed E-state index contributed by atoms with van der Waals surface area (Å²) < 4.78 is 0. The predicted octanol–water partition coefficient (Wildman–Crippen LogP) is 0.891. The van der Waals surface area contributed by atoms with E-state index in [1.807, 2.05) is 0 Å². The molecule has 0 aliphatic carbocycles. The number of anilines is 1. The van der Waals surface area contributed by atoms with E-state index in [0.717, 1.165) is 0 Å². The number of nitro benzene ring substituents is 1. The Balaban J connectivity index is 2.88. The Kier molecular flexibility index (Phi) is 5.65. The van der Waals surface area contributed by atoms with Gasteiger partial charge < -0.3 is 16.0 Å². The van der Waals surface area contributed by atoms with E-state index < -0.39 is 16.9 Å². The molecule has 3 N–H and O–H groups in total. The van der Waals surface area contributed by atoms with Crippen molar-refractivity contribution in [1.82, 2.24) is 10.6 Å². The fourth-order valence-corrected chi connectivity index (χ4v) is 1.71. The molecule has 0 aliphatic rings. The number of likely N-dealkylation sites (N-methyl/N-ethyl adjacent to an activating group) is 1. The lowest BCUT2D eigenvalue weighted by Gasteiger charge is -2.13. The van der Waals surface area contributed by atoms with Gasteiger partial charge in [0, 0.05) is 25.2 Å². The first-order chi connectivity index (χ1) is 9.90. The van der Waals surface area contributed by atoms with E-state index in [2.05, 4.69) is 16.0 Å². The van der Waals surface area contributed by atoms with Crippen LogP contribution in [0.2, 0.25) is 0 Å². The predicted molar refractivity (Wildman–Crippen MR) is 78.3 cm³/mol. The molecule has 0 fully saturated rings. The highest BCUT2D eigenvalue weighted by atomic mass is 16.6. The summed E-state index contributed by atoms with van der Waals surface area (Å²) in [5.74, 6) is -0.762. The van der Waals surface area contributed by atoms with Crippen LogP contribution in [-0.2, 0) is 4.79 Å². The summed E-state index contributed by atoms with van der Waals surface area (Å²) >= 11 is 0. The molecule has 1 rings (SSSR count). The van der Waals surface area contributed by atoms with Gasteiger partial charge in [0.2, 0.25) is 5.91 Å². The number of nitro groups is 1. The van der Waals surface area contributed by atoms with Gasteiger partial charge in [0.05, 0.1) is 4.92 Å². The SMILES string of the molecule is CCNC(=O)C(C)NC(=O)c1ccc([N+](=O)[O-])c(NC)c1. The average molecular weight is 294 g/mol. The summed E-state index contributed by atoms with van der Waals surface area (Å²) in [6, 6.07) is 3.28. The second-order valence-corrected chi connectivity index (χ2v) is 4.33. The third kappa shape index (κ3) is 4.16. The van der Waals surface area contributed by atoms with Crippen LogP contribution in [0.3, 0.4) is 0 Å². The lowest BCUT2D eigenvalue weighted by Crippen LogP contribution is -2.44. The van der Waals surface area contributed by atoms with Crippen molar-refractivity contribution in [3.05, 3.63) is 33.9 Å². The Bertz CT molecular complexity index is 559. The van der Waals surface area contributed by atoms with Crippen LogP contribution in [0, 0.1) is 10.1 Å². The van der Waals surface area contributed by atoms with Crippen molar-refractivity contribution in [2.75, 3.05) is 18.9 Å². The summed E-state index contributed by atoms with van der Waals surface area (Å²) in [7, 11) is 1.53. The first-order valence-corrected chi connectivity index (χ1v) is 6.45. The van der Waals surface area contributed by atoms with Crippen molar-refractivity contribution in [2.45, 2.75) is 19.9 Å². The van der Waals surface area contributed by atoms with Gasteiger partial charge in [-0.3, -0.25) is 19.7 Å².